The van der Waals surface area contributed by atoms with E-state index in [1.165, 1.54) is 6.08 Å². The second-order valence-corrected chi connectivity index (χ2v) is 3.73. The first-order chi connectivity index (χ1) is 8.22. The van der Waals surface area contributed by atoms with Crippen molar-refractivity contribution in [3.05, 3.63) is 35.9 Å². The van der Waals surface area contributed by atoms with E-state index in [1.54, 1.807) is 18.2 Å². The van der Waals surface area contributed by atoms with Gasteiger partial charge in [-0.15, -0.1) is 0 Å². The van der Waals surface area contributed by atoms with Crippen molar-refractivity contribution >= 4 is 17.7 Å². The Morgan fingerprint density at radius 3 is 2.94 bits per heavy atom. The smallest absolute Gasteiger partial charge is 0.243 e. The van der Waals surface area contributed by atoms with Crippen LogP contribution in [0.4, 0.5) is 5.69 Å². The van der Waals surface area contributed by atoms with Gasteiger partial charge in [0, 0.05) is 24.9 Å². The summed E-state index contributed by atoms with van der Waals surface area (Å²) in [5.41, 5.74) is 7.20. The maximum absolute atomic E-state index is 11.4. The van der Waals surface area contributed by atoms with Gasteiger partial charge in [0.1, 0.15) is 0 Å². The van der Waals surface area contributed by atoms with Gasteiger partial charge in [0.25, 0.3) is 0 Å². The Bertz CT molecular complexity index is 389. The Balaban J connectivity index is 2.35. The van der Waals surface area contributed by atoms with Crippen LogP contribution in [-0.4, -0.2) is 24.2 Å². The molecular weight excluding hydrogens is 216 g/mol. The fraction of sp³-hybridized carbons (Fsp3) is 0.308. The van der Waals surface area contributed by atoms with Gasteiger partial charge >= 0.3 is 0 Å². The molecule has 17 heavy (non-hydrogen) atoms. The normalized spacial score (nSPS) is 10.6. The quantitative estimate of drug-likeness (QED) is 0.393. The summed E-state index contributed by atoms with van der Waals surface area (Å²) >= 11 is 0. The third-order valence-corrected chi connectivity index (χ3v) is 2.22. The zero-order chi connectivity index (χ0) is 12.5. The number of carbonyl (C=O) groups excluding carboxylic acids is 1. The number of unbranched alkanes of at least 4 members (excludes halogenated alkanes) is 1. The SMILES string of the molecule is Nc1cccc(/C=C/C(=O)NCCCCO)c1. The van der Waals surface area contributed by atoms with E-state index in [0.29, 0.717) is 18.7 Å². The molecule has 0 heterocycles. The summed E-state index contributed by atoms with van der Waals surface area (Å²) < 4.78 is 0. The summed E-state index contributed by atoms with van der Waals surface area (Å²) in [5.74, 6) is -0.134. The molecule has 0 bridgehead atoms. The van der Waals surface area contributed by atoms with Crippen LogP contribution < -0.4 is 11.1 Å². The number of hydrogen-bond donors (Lipinski definition) is 3. The lowest BCUT2D eigenvalue weighted by Crippen LogP contribution is -2.22. The highest BCUT2D eigenvalue weighted by atomic mass is 16.2. The minimum atomic E-state index is -0.134. The zero-order valence-corrected chi connectivity index (χ0v) is 9.73. The molecule has 0 aliphatic carbocycles. The highest BCUT2D eigenvalue weighted by molar-refractivity contribution is 5.91. The summed E-state index contributed by atoms with van der Waals surface area (Å²) in [6.07, 6.45) is 4.69. The van der Waals surface area contributed by atoms with E-state index in [9.17, 15) is 4.79 Å². The van der Waals surface area contributed by atoms with Crippen LogP contribution in [0.1, 0.15) is 18.4 Å². The second-order valence-electron chi connectivity index (χ2n) is 3.73. The van der Waals surface area contributed by atoms with Crippen molar-refractivity contribution in [1.29, 1.82) is 0 Å². The minimum Gasteiger partial charge on any atom is -0.399 e. The number of anilines is 1. The van der Waals surface area contributed by atoms with Gasteiger partial charge in [-0.3, -0.25) is 4.79 Å². The van der Waals surface area contributed by atoms with Gasteiger partial charge in [-0.25, -0.2) is 0 Å². The molecule has 92 valence electrons. The fourth-order valence-electron chi connectivity index (χ4n) is 1.34. The van der Waals surface area contributed by atoms with Crippen molar-refractivity contribution in [3.8, 4) is 0 Å². The lowest BCUT2D eigenvalue weighted by molar-refractivity contribution is -0.116. The van der Waals surface area contributed by atoms with Gasteiger partial charge in [-0.05, 0) is 36.6 Å². The molecule has 0 aliphatic rings. The monoisotopic (exact) mass is 234 g/mol. The van der Waals surface area contributed by atoms with E-state index in [-0.39, 0.29) is 12.5 Å². The Hall–Kier alpha value is -1.81. The number of aliphatic hydroxyl groups is 1. The van der Waals surface area contributed by atoms with Crippen molar-refractivity contribution in [2.75, 3.05) is 18.9 Å². The molecule has 0 saturated carbocycles. The number of carbonyl (C=O) groups is 1. The lowest BCUT2D eigenvalue weighted by atomic mass is 10.2. The molecule has 1 aromatic rings. The number of benzene rings is 1. The Labute approximate surface area is 101 Å². The van der Waals surface area contributed by atoms with E-state index in [1.807, 2.05) is 12.1 Å². The predicted molar refractivity (Wildman–Crippen MR) is 69.2 cm³/mol. The van der Waals surface area contributed by atoms with Gasteiger partial charge in [0.2, 0.25) is 5.91 Å². The third kappa shape index (κ3) is 5.73. The number of nitrogen functional groups attached to an aromatic ring is 1. The van der Waals surface area contributed by atoms with Crippen LogP contribution >= 0.6 is 0 Å². The molecule has 0 aromatic heterocycles. The van der Waals surface area contributed by atoms with Crippen molar-refractivity contribution < 1.29 is 9.90 Å². The Morgan fingerprint density at radius 1 is 1.41 bits per heavy atom. The highest BCUT2D eigenvalue weighted by Gasteiger charge is 1.94. The molecule has 0 fully saturated rings. The molecule has 4 N–H and O–H groups in total. The highest BCUT2D eigenvalue weighted by Crippen LogP contribution is 2.07. The van der Waals surface area contributed by atoms with E-state index >= 15 is 0 Å². The van der Waals surface area contributed by atoms with Crippen molar-refractivity contribution in [1.82, 2.24) is 5.32 Å². The number of nitrogens with two attached hydrogens (primary N) is 1. The summed E-state index contributed by atoms with van der Waals surface area (Å²) in [7, 11) is 0. The fourth-order valence-corrected chi connectivity index (χ4v) is 1.34. The van der Waals surface area contributed by atoms with Crippen LogP contribution in [0.25, 0.3) is 6.08 Å². The molecule has 0 radical (unpaired) electrons. The maximum Gasteiger partial charge on any atom is 0.243 e. The van der Waals surface area contributed by atoms with Crippen molar-refractivity contribution in [2.24, 2.45) is 0 Å². The van der Waals surface area contributed by atoms with Crippen LogP contribution in [0.15, 0.2) is 30.3 Å². The van der Waals surface area contributed by atoms with Crippen LogP contribution in [0, 0.1) is 0 Å². The van der Waals surface area contributed by atoms with Gasteiger partial charge < -0.3 is 16.2 Å². The number of hydrogen-bond acceptors (Lipinski definition) is 3. The van der Waals surface area contributed by atoms with Gasteiger partial charge in [-0.2, -0.15) is 0 Å². The molecule has 1 amide bonds. The standard InChI is InChI=1S/C13H18N2O2/c14-12-5-3-4-11(10-12)6-7-13(17)15-8-1-2-9-16/h3-7,10,16H,1-2,8-9,14H2,(H,15,17)/b7-6+. The summed E-state index contributed by atoms with van der Waals surface area (Å²) in [6, 6.07) is 7.32. The van der Waals surface area contributed by atoms with Gasteiger partial charge in [0.15, 0.2) is 0 Å². The van der Waals surface area contributed by atoms with Crippen LogP contribution in [0.3, 0.4) is 0 Å². The number of nitrogens with one attached hydrogen (secondary N) is 1. The average molecular weight is 234 g/mol. The summed E-state index contributed by atoms with van der Waals surface area (Å²) in [6.45, 7) is 0.746. The largest absolute Gasteiger partial charge is 0.399 e. The van der Waals surface area contributed by atoms with E-state index in [2.05, 4.69) is 5.32 Å². The second kappa shape index (κ2) is 7.46. The number of aliphatic hydroxyl groups excluding tert-OH is 1. The average Bonchev–Trinajstić information content (AvgIpc) is 2.32. The Morgan fingerprint density at radius 2 is 2.24 bits per heavy atom. The number of rotatable bonds is 6. The van der Waals surface area contributed by atoms with Crippen molar-refractivity contribution in [3.63, 3.8) is 0 Å². The lowest BCUT2D eigenvalue weighted by Gasteiger charge is -2.00. The molecule has 0 saturated heterocycles. The molecule has 4 nitrogen and oxygen atoms in total. The summed E-state index contributed by atoms with van der Waals surface area (Å²) in [5, 5.41) is 11.3. The molecule has 0 spiro atoms. The first kappa shape index (κ1) is 13.3. The molecular formula is C13H18N2O2. The van der Waals surface area contributed by atoms with E-state index < -0.39 is 0 Å². The van der Waals surface area contributed by atoms with Crippen LogP contribution in [0.2, 0.25) is 0 Å². The third-order valence-electron chi connectivity index (χ3n) is 2.22. The predicted octanol–water partition coefficient (Wildman–Crippen LogP) is 1.17. The topological polar surface area (TPSA) is 75.4 Å². The maximum atomic E-state index is 11.4. The molecule has 4 heteroatoms. The molecule has 1 rings (SSSR count). The molecule has 0 aliphatic heterocycles. The molecule has 0 atom stereocenters. The summed E-state index contributed by atoms with van der Waals surface area (Å²) in [4.78, 5) is 11.4. The van der Waals surface area contributed by atoms with Gasteiger partial charge in [-0.1, -0.05) is 12.1 Å². The number of amides is 1. The Kier molecular flexibility index (Phi) is 5.82. The molecule has 1 aromatic carbocycles. The van der Waals surface area contributed by atoms with Crippen molar-refractivity contribution in [2.45, 2.75) is 12.8 Å². The minimum absolute atomic E-state index is 0.134. The van der Waals surface area contributed by atoms with E-state index in [0.717, 1.165) is 12.0 Å². The first-order valence-corrected chi connectivity index (χ1v) is 5.64. The van der Waals surface area contributed by atoms with Gasteiger partial charge in [0.05, 0.1) is 0 Å². The van der Waals surface area contributed by atoms with Crippen LogP contribution in [-0.2, 0) is 4.79 Å². The first-order valence-electron chi connectivity index (χ1n) is 5.64. The molecule has 0 unspecified atom stereocenters. The van der Waals surface area contributed by atoms with E-state index in [4.69, 9.17) is 10.8 Å². The van der Waals surface area contributed by atoms with Crippen LogP contribution in [0.5, 0.6) is 0 Å². The zero-order valence-electron chi connectivity index (χ0n) is 9.73.